The van der Waals surface area contributed by atoms with Crippen molar-refractivity contribution >= 4 is 22.0 Å². The van der Waals surface area contributed by atoms with E-state index in [2.05, 4.69) is 12.2 Å². The minimum atomic E-state index is -4.70. The van der Waals surface area contributed by atoms with Gasteiger partial charge in [0.25, 0.3) is 0 Å². The van der Waals surface area contributed by atoms with Crippen LogP contribution >= 0.6 is 0 Å². The van der Waals surface area contributed by atoms with E-state index in [1.807, 2.05) is 0 Å². The zero-order valence-electron chi connectivity index (χ0n) is 17.9. The molecule has 0 aromatic heterocycles. The normalized spacial score (nSPS) is 11.3. The van der Waals surface area contributed by atoms with Crippen LogP contribution in [0.4, 0.5) is 0 Å². The maximum absolute atomic E-state index is 11.9. The second-order valence-corrected chi connectivity index (χ2v) is 8.75. The quantitative estimate of drug-likeness (QED) is 0.177. The van der Waals surface area contributed by atoms with Gasteiger partial charge >= 0.3 is 5.97 Å². The van der Waals surface area contributed by atoms with Crippen LogP contribution in [0.15, 0.2) is 29.2 Å². The first-order valence-corrected chi connectivity index (χ1v) is 12.3. The predicted molar refractivity (Wildman–Crippen MR) is 114 cm³/mol. The molecule has 0 saturated carbocycles. The van der Waals surface area contributed by atoms with E-state index < -0.39 is 21.0 Å². The number of para-hydroxylation sites is 1. The largest absolute Gasteiger partial charge is 0.744 e. The third kappa shape index (κ3) is 11.9. The maximum atomic E-state index is 11.9. The summed E-state index contributed by atoms with van der Waals surface area (Å²) in [5.74, 6) is -0.761. The van der Waals surface area contributed by atoms with Crippen LogP contribution in [0.3, 0.4) is 0 Å². The van der Waals surface area contributed by atoms with E-state index in [1.165, 1.54) is 50.3 Å². The molecule has 170 valence electrons. The lowest BCUT2D eigenvalue weighted by Gasteiger charge is -2.12. The van der Waals surface area contributed by atoms with Crippen molar-refractivity contribution in [3.8, 4) is 5.75 Å². The van der Waals surface area contributed by atoms with Crippen LogP contribution < -0.4 is 10.1 Å². The predicted octanol–water partition coefficient (Wildman–Crippen LogP) is 4.31. The number of amides is 1. The van der Waals surface area contributed by atoms with Gasteiger partial charge in [0.05, 0.1) is 4.90 Å². The van der Waals surface area contributed by atoms with E-state index in [-0.39, 0.29) is 18.1 Å². The molecule has 1 aromatic carbocycles. The average molecular weight is 441 g/mol. The summed E-state index contributed by atoms with van der Waals surface area (Å²) in [5.41, 5.74) is 0. The number of hydrogen-bond acceptors (Lipinski definition) is 6. The molecule has 8 heteroatoms. The molecule has 0 saturated heterocycles. The summed E-state index contributed by atoms with van der Waals surface area (Å²) in [4.78, 5) is 23.1. The van der Waals surface area contributed by atoms with Crippen molar-refractivity contribution < 1.29 is 27.3 Å². The van der Waals surface area contributed by atoms with Crippen molar-refractivity contribution in [3.05, 3.63) is 24.3 Å². The molecule has 0 bridgehead atoms. The second-order valence-electron chi connectivity index (χ2n) is 7.41. The van der Waals surface area contributed by atoms with Crippen LogP contribution in [0.2, 0.25) is 0 Å². The van der Waals surface area contributed by atoms with E-state index in [1.54, 1.807) is 0 Å². The number of unbranched alkanes of at least 4 members (excludes halogenated alkanes) is 8. The summed E-state index contributed by atoms with van der Waals surface area (Å²) in [5, 5.41) is 2.89. The summed E-state index contributed by atoms with van der Waals surface area (Å²) >= 11 is 0. The van der Waals surface area contributed by atoms with E-state index in [4.69, 9.17) is 4.74 Å². The van der Waals surface area contributed by atoms with Crippen LogP contribution in [-0.4, -0.2) is 31.4 Å². The van der Waals surface area contributed by atoms with Gasteiger partial charge in [-0.2, -0.15) is 0 Å². The molecular weight excluding hydrogens is 406 g/mol. The van der Waals surface area contributed by atoms with Crippen LogP contribution in [0, 0.1) is 0 Å². The Labute approximate surface area is 180 Å². The van der Waals surface area contributed by atoms with E-state index in [9.17, 15) is 22.6 Å². The maximum Gasteiger partial charge on any atom is 0.311 e. The van der Waals surface area contributed by atoms with E-state index in [0.29, 0.717) is 19.4 Å². The van der Waals surface area contributed by atoms with Gasteiger partial charge in [-0.15, -0.1) is 0 Å². The smallest absolute Gasteiger partial charge is 0.311 e. The molecule has 0 aliphatic rings. The molecule has 0 spiro atoms. The number of ether oxygens (including phenoxy) is 1. The van der Waals surface area contributed by atoms with E-state index >= 15 is 0 Å². The fraction of sp³-hybridized carbons (Fsp3) is 0.636. The van der Waals surface area contributed by atoms with Gasteiger partial charge in [-0.1, -0.05) is 64.0 Å². The van der Waals surface area contributed by atoms with Crippen molar-refractivity contribution in [2.45, 2.75) is 88.9 Å². The number of carbonyl (C=O) groups is 2. The summed E-state index contributed by atoms with van der Waals surface area (Å²) in [6.07, 6.45) is 11.0. The Morgan fingerprint density at radius 3 is 2.20 bits per heavy atom. The minimum Gasteiger partial charge on any atom is -0.744 e. The molecule has 0 aliphatic heterocycles. The lowest BCUT2D eigenvalue weighted by Crippen LogP contribution is -2.24. The lowest BCUT2D eigenvalue weighted by atomic mass is 10.1. The van der Waals surface area contributed by atoms with Crippen molar-refractivity contribution in [2.75, 3.05) is 6.54 Å². The van der Waals surface area contributed by atoms with Crippen LogP contribution in [0.25, 0.3) is 0 Å². The molecule has 0 atom stereocenters. The summed E-state index contributed by atoms with van der Waals surface area (Å²) in [6.45, 7) is 2.77. The zero-order chi connectivity index (χ0) is 22.2. The second kappa shape index (κ2) is 15.0. The molecule has 1 aromatic rings. The Morgan fingerprint density at radius 1 is 0.900 bits per heavy atom. The number of esters is 1. The highest BCUT2D eigenvalue weighted by molar-refractivity contribution is 7.85. The fourth-order valence-electron chi connectivity index (χ4n) is 3.04. The van der Waals surface area contributed by atoms with Crippen molar-refractivity contribution in [1.29, 1.82) is 0 Å². The van der Waals surface area contributed by atoms with Gasteiger partial charge in [0.1, 0.15) is 15.9 Å². The third-order valence-electron chi connectivity index (χ3n) is 4.73. The molecular formula is C22H34NO6S-. The number of hydrogen-bond donors (Lipinski definition) is 1. The standard InChI is InChI=1S/C22H35NO6S/c1-2-3-4-5-6-7-9-16-21(24)23-18-13-8-10-17-22(25)29-19-14-11-12-15-20(19)30(26,27)28/h11-12,14-15H,2-10,13,16-18H2,1H3,(H,23,24)(H,26,27,28)/p-1. The van der Waals surface area contributed by atoms with Gasteiger partial charge < -0.3 is 14.6 Å². The van der Waals surface area contributed by atoms with Gasteiger partial charge in [0.15, 0.2) is 0 Å². The summed E-state index contributed by atoms with van der Waals surface area (Å²) in [7, 11) is -4.70. The number of nitrogens with one attached hydrogen (secondary N) is 1. The van der Waals surface area contributed by atoms with Gasteiger partial charge in [-0.25, -0.2) is 8.42 Å². The van der Waals surface area contributed by atoms with Crippen molar-refractivity contribution in [3.63, 3.8) is 0 Å². The Bertz CT molecular complexity index is 748. The Hall–Kier alpha value is -1.93. The molecule has 1 amide bonds. The Morgan fingerprint density at radius 2 is 1.50 bits per heavy atom. The third-order valence-corrected chi connectivity index (χ3v) is 5.61. The first-order chi connectivity index (χ1) is 14.3. The number of benzene rings is 1. The Balaban J connectivity index is 2.09. The molecule has 7 nitrogen and oxygen atoms in total. The highest BCUT2D eigenvalue weighted by atomic mass is 32.2. The SMILES string of the molecule is CCCCCCCCCC(=O)NCCCCCC(=O)Oc1ccccc1S(=O)(=O)[O-]. The molecule has 0 unspecified atom stereocenters. The molecule has 0 heterocycles. The minimum absolute atomic E-state index is 0.0680. The lowest BCUT2D eigenvalue weighted by molar-refractivity contribution is -0.134. The summed E-state index contributed by atoms with van der Waals surface area (Å²) < 4.78 is 38.5. The van der Waals surface area contributed by atoms with Gasteiger partial charge in [-0.3, -0.25) is 9.59 Å². The topological polar surface area (TPSA) is 113 Å². The molecule has 0 fully saturated rings. The fourth-order valence-corrected chi connectivity index (χ4v) is 3.65. The van der Waals surface area contributed by atoms with E-state index in [0.717, 1.165) is 31.7 Å². The van der Waals surface area contributed by atoms with Gasteiger partial charge in [0.2, 0.25) is 5.91 Å². The van der Waals surface area contributed by atoms with Crippen LogP contribution in [0.1, 0.15) is 84.0 Å². The molecule has 1 N–H and O–H groups in total. The average Bonchev–Trinajstić information content (AvgIpc) is 2.69. The Kier molecular flexibility index (Phi) is 13.0. The zero-order valence-corrected chi connectivity index (χ0v) is 18.7. The van der Waals surface area contributed by atoms with Crippen LogP contribution in [0.5, 0.6) is 5.75 Å². The first-order valence-electron chi connectivity index (χ1n) is 10.9. The van der Waals surface area contributed by atoms with Crippen LogP contribution in [-0.2, 0) is 19.7 Å². The van der Waals surface area contributed by atoms with Gasteiger partial charge in [-0.05, 0) is 31.4 Å². The first kappa shape index (κ1) is 26.1. The molecule has 1 rings (SSSR count). The highest BCUT2D eigenvalue weighted by Gasteiger charge is 2.13. The number of rotatable bonds is 16. The number of carbonyl (C=O) groups excluding carboxylic acids is 2. The van der Waals surface area contributed by atoms with Crippen molar-refractivity contribution in [1.82, 2.24) is 5.32 Å². The van der Waals surface area contributed by atoms with Gasteiger partial charge in [0, 0.05) is 19.4 Å². The monoisotopic (exact) mass is 440 g/mol. The molecule has 30 heavy (non-hydrogen) atoms. The molecule has 0 aliphatic carbocycles. The summed E-state index contributed by atoms with van der Waals surface area (Å²) in [6, 6.07) is 5.28. The van der Waals surface area contributed by atoms with Crippen molar-refractivity contribution in [2.24, 2.45) is 0 Å². The highest BCUT2D eigenvalue weighted by Crippen LogP contribution is 2.23. The molecule has 0 radical (unpaired) electrons.